The number of hydrogen-bond donors (Lipinski definition) is 0. The smallest absolute Gasteiger partial charge is 0.264 e. The molecule has 0 fully saturated rings. The molecule has 0 radical (unpaired) electrons. The van der Waals surface area contributed by atoms with E-state index in [1.807, 2.05) is 0 Å². The molecule has 0 amide bonds. The van der Waals surface area contributed by atoms with Crippen LogP contribution in [0, 0.1) is 30.3 Å². The van der Waals surface area contributed by atoms with E-state index in [1.54, 1.807) is 0 Å². The Morgan fingerprint density at radius 2 is 1.53 bits per heavy atom. The minimum atomic E-state index is -0.805. The fraction of sp³-hybridized carbons (Fsp3) is 0.250. The molecule has 0 heterocycles. The first-order valence-electron chi connectivity index (χ1n) is 4.40. The molecule has 1 aromatic rings. The average molecular weight is 241 g/mol. The summed E-state index contributed by atoms with van der Waals surface area (Å²) in [7, 11) is 0. The van der Waals surface area contributed by atoms with Gasteiger partial charge in [0, 0.05) is 21.5 Å². The molecule has 0 aliphatic heterocycles. The van der Waals surface area contributed by atoms with Gasteiger partial charge in [0.15, 0.2) is 0 Å². The van der Waals surface area contributed by atoms with Crippen molar-refractivity contribution < 1.29 is 14.8 Å². The first-order valence-corrected chi connectivity index (χ1v) is 4.40. The minimum Gasteiger partial charge on any atom is -0.264 e. The molecule has 0 aromatic heterocycles. The molecule has 0 saturated heterocycles. The van der Waals surface area contributed by atoms with Crippen molar-refractivity contribution in [3.8, 4) is 0 Å². The SMILES string of the molecule is O=[N+]([O-])Cc1cccc([N+](=O)[O-])c1C[N+](=O)[O-]. The maximum absolute atomic E-state index is 10.7. The predicted molar refractivity (Wildman–Crippen MR) is 54.5 cm³/mol. The summed E-state index contributed by atoms with van der Waals surface area (Å²) in [5.74, 6) is 0. The molecule has 17 heavy (non-hydrogen) atoms. The molecule has 0 atom stereocenters. The van der Waals surface area contributed by atoms with Crippen molar-refractivity contribution in [1.29, 1.82) is 0 Å². The van der Waals surface area contributed by atoms with Gasteiger partial charge in [-0.15, -0.1) is 0 Å². The van der Waals surface area contributed by atoms with E-state index in [0.29, 0.717) is 0 Å². The molecule has 90 valence electrons. The summed E-state index contributed by atoms with van der Waals surface area (Å²) < 4.78 is 0. The first kappa shape index (κ1) is 12.5. The van der Waals surface area contributed by atoms with Crippen molar-refractivity contribution in [2.45, 2.75) is 13.1 Å². The Kier molecular flexibility index (Phi) is 3.65. The molecular formula is C8H7N3O6. The van der Waals surface area contributed by atoms with Crippen LogP contribution in [0.25, 0.3) is 0 Å². The second-order valence-corrected chi connectivity index (χ2v) is 3.15. The highest BCUT2D eigenvalue weighted by Crippen LogP contribution is 2.23. The molecular weight excluding hydrogens is 234 g/mol. The molecule has 9 heteroatoms. The minimum absolute atomic E-state index is 0.0131. The molecule has 9 nitrogen and oxygen atoms in total. The molecule has 0 aliphatic carbocycles. The Morgan fingerprint density at radius 3 is 2.00 bits per heavy atom. The zero-order chi connectivity index (χ0) is 13.0. The van der Waals surface area contributed by atoms with Gasteiger partial charge in [0.1, 0.15) is 5.56 Å². The van der Waals surface area contributed by atoms with Crippen molar-refractivity contribution in [1.82, 2.24) is 0 Å². The highest BCUT2D eigenvalue weighted by molar-refractivity contribution is 5.44. The van der Waals surface area contributed by atoms with Gasteiger partial charge in [-0.1, -0.05) is 12.1 Å². The number of benzene rings is 1. The molecule has 0 unspecified atom stereocenters. The Labute approximate surface area is 94.1 Å². The van der Waals surface area contributed by atoms with Gasteiger partial charge in [0.25, 0.3) is 5.69 Å². The van der Waals surface area contributed by atoms with Gasteiger partial charge in [-0.05, 0) is 0 Å². The average Bonchev–Trinajstić information content (AvgIpc) is 2.18. The Bertz CT molecular complexity index is 486. The van der Waals surface area contributed by atoms with Gasteiger partial charge < -0.3 is 0 Å². The third-order valence-corrected chi connectivity index (χ3v) is 2.03. The van der Waals surface area contributed by atoms with Crippen LogP contribution in [-0.2, 0) is 13.1 Å². The summed E-state index contributed by atoms with van der Waals surface area (Å²) in [6, 6.07) is 3.62. The van der Waals surface area contributed by atoms with E-state index in [4.69, 9.17) is 0 Å². The second-order valence-electron chi connectivity index (χ2n) is 3.15. The zero-order valence-electron chi connectivity index (χ0n) is 8.44. The molecule has 0 N–H and O–H groups in total. The van der Waals surface area contributed by atoms with Crippen LogP contribution in [0.15, 0.2) is 18.2 Å². The van der Waals surface area contributed by atoms with Gasteiger partial charge in [-0.25, -0.2) is 0 Å². The van der Waals surface area contributed by atoms with Crippen LogP contribution < -0.4 is 0 Å². The zero-order valence-corrected chi connectivity index (χ0v) is 8.44. The van der Waals surface area contributed by atoms with Crippen molar-refractivity contribution in [2.24, 2.45) is 0 Å². The number of nitrogens with zero attached hydrogens (tertiary/aromatic N) is 3. The Morgan fingerprint density at radius 1 is 0.941 bits per heavy atom. The number of nitro groups is 3. The fourth-order valence-electron chi connectivity index (χ4n) is 1.39. The van der Waals surface area contributed by atoms with Crippen LogP contribution in [0.3, 0.4) is 0 Å². The summed E-state index contributed by atoms with van der Waals surface area (Å²) in [5, 5.41) is 31.4. The van der Waals surface area contributed by atoms with Crippen LogP contribution in [0.1, 0.15) is 11.1 Å². The standard InChI is InChI=1S/C8H7N3O6/c12-9(13)4-6-2-1-3-8(11(16)17)7(6)5-10(14)15/h1-3H,4-5H2. The lowest BCUT2D eigenvalue weighted by molar-refractivity contribution is -0.504. The summed E-state index contributed by atoms with van der Waals surface area (Å²) in [5.41, 5.74) is -0.707. The number of hydrogen-bond acceptors (Lipinski definition) is 6. The predicted octanol–water partition coefficient (Wildman–Crippen LogP) is 1.15. The van der Waals surface area contributed by atoms with Crippen LogP contribution >= 0.6 is 0 Å². The molecule has 1 rings (SSSR count). The second kappa shape index (κ2) is 4.96. The monoisotopic (exact) mass is 241 g/mol. The van der Waals surface area contributed by atoms with E-state index in [1.165, 1.54) is 12.1 Å². The molecule has 0 saturated carbocycles. The number of nitro benzene ring substituents is 1. The largest absolute Gasteiger partial charge is 0.279 e. The Balaban J connectivity index is 3.28. The van der Waals surface area contributed by atoms with E-state index < -0.39 is 33.5 Å². The van der Waals surface area contributed by atoms with Crippen molar-refractivity contribution >= 4 is 5.69 Å². The lowest BCUT2D eigenvalue weighted by atomic mass is 10.1. The highest BCUT2D eigenvalue weighted by Gasteiger charge is 2.23. The normalized spacial score (nSPS) is 9.88. The molecule has 0 aliphatic rings. The van der Waals surface area contributed by atoms with E-state index in [2.05, 4.69) is 0 Å². The molecule has 0 bridgehead atoms. The van der Waals surface area contributed by atoms with Gasteiger partial charge in [-0.3, -0.25) is 30.3 Å². The topological polar surface area (TPSA) is 129 Å². The maximum atomic E-state index is 10.7. The molecule has 0 spiro atoms. The first-order chi connectivity index (χ1) is 7.91. The fourth-order valence-corrected chi connectivity index (χ4v) is 1.39. The van der Waals surface area contributed by atoms with Gasteiger partial charge in [0.2, 0.25) is 13.1 Å². The van der Waals surface area contributed by atoms with Crippen LogP contribution in [0.4, 0.5) is 5.69 Å². The van der Waals surface area contributed by atoms with E-state index >= 15 is 0 Å². The van der Waals surface area contributed by atoms with Crippen LogP contribution in [0.2, 0.25) is 0 Å². The van der Waals surface area contributed by atoms with Crippen molar-refractivity contribution in [2.75, 3.05) is 0 Å². The van der Waals surface area contributed by atoms with Gasteiger partial charge >= 0.3 is 0 Å². The van der Waals surface area contributed by atoms with Crippen LogP contribution in [-0.4, -0.2) is 14.8 Å². The number of rotatable bonds is 5. The summed E-state index contributed by atoms with van der Waals surface area (Å²) >= 11 is 0. The summed E-state index contributed by atoms with van der Waals surface area (Å²) in [4.78, 5) is 29.2. The van der Waals surface area contributed by atoms with Crippen molar-refractivity contribution in [3.63, 3.8) is 0 Å². The molecule has 1 aromatic carbocycles. The van der Waals surface area contributed by atoms with E-state index in [9.17, 15) is 30.3 Å². The highest BCUT2D eigenvalue weighted by atomic mass is 16.6. The van der Waals surface area contributed by atoms with Crippen molar-refractivity contribution in [3.05, 3.63) is 59.7 Å². The maximum Gasteiger partial charge on any atom is 0.279 e. The van der Waals surface area contributed by atoms with E-state index in [-0.39, 0.29) is 11.1 Å². The summed E-state index contributed by atoms with van der Waals surface area (Å²) in [6.45, 7) is -1.48. The lowest BCUT2D eigenvalue weighted by Crippen LogP contribution is -2.09. The van der Waals surface area contributed by atoms with Crippen LogP contribution in [0.5, 0.6) is 0 Å². The lowest BCUT2D eigenvalue weighted by Gasteiger charge is -2.03. The third kappa shape index (κ3) is 3.19. The summed E-state index contributed by atoms with van der Waals surface area (Å²) in [6.07, 6.45) is 0. The van der Waals surface area contributed by atoms with Gasteiger partial charge in [0.05, 0.1) is 4.92 Å². The Hall–Kier alpha value is -2.58. The third-order valence-electron chi connectivity index (χ3n) is 2.03. The quantitative estimate of drug-likeness (QED) is 0.561. The van der Waals surface area contributed by atoms with Gasteiger partial charge in [-0.2, -0.15) is 0 Å². The van der Waals surface area contributed by atoms with E-state index in [0.717, 1.165) is 6.07 Å².